The average Bonchev–Trinajstić information content (AvgIpc) is 2.97. The zero-order chi connectivity index (χ0) is 14.4. The molecule has 0 bridgehead atoms. The second-order valence-electron chi connectivity index (χ2n) is 4.71. The van der Waals surface area contributed by atoms with Crippen LogP contribution in [0.2, 0.25) is 0 Å². The fourth-order valence-corrected chi connectivity index (χ4v) is 1.71. The number of hydrogen-bond donors (Lipinski definition) is 2. The molecule has 106 valence electrons. The number of aryl methyl sites for hydroxylation is 1. The van der Waals surface area contributed by atoms with Gasteiger partial charge in [0.05, 0.1) is 18.8 Å². The van der Waals surface area contributed by atoms with Crippen molar-refractivity contribution >= 4 is 5.91 Å². The highest BCUT2D eigenvalue weighted by Gasteiger charge is 2.12. The number of pyridine rings is 1. The second-order valence-corrected chi connectivity index (χ2v) is 4.71. The third kappa shape index (κ3) is 4.20. The Kier molecular flexibility index (Phi) is 4.90. The third-order valence-electron chi connectivity index (χ3n) is 3.00. The zero-order valence-electron chi connectivity index (χ0n) is 11.7. The van der Waals surface area contributed by atoms with Gasteiger partial charge >= 0.3 is 0 Å². The minimum Gasteiger partial charge on any atom is -0.467 e. The summed E-state index contributed by atoms with van der Waals surface area (Å²) in [6.07, 6.45) is 3.41. The Morgan fingerprint density at radius 1 is 1.35 bits per heavy atom. The van der Waals surface area contributed by atoms with Crippen LogP contribution in [0, 0.1) is 6.92 Å². The number of nitrogens with zero attached hydrogens (tertiary/aromatic N) is 1. The summed E-state index contributed by atoms with van der Waals surface area (Å²) in [6, 6.07) is 7.32. The topological polar surface area (TPSA) is 67.2 Å². The number of carbonyl (C=O) groups is 1. The number of aromatic nitrogens is 1. The SMILES string of the molecule is Cc1ccc(CNC(C)C(=O)NCc2ccco2)cn1. The second kappa shape index (κ2) is 6.86. The Bertz CT molecular complexity index is 535. The molecule has 0 saturated heterocycles. The van der Waals surface area contributed by atoms with Crippen molar-refractivity contribution < 1.29 is 9.21 Å². The summed E-state index contributed by atoms with van der Waals surface area (Å²) in [6.45, 7) is 4.80. The first kappa shape index (κ1) is 14.3. The zero-order valence-corrected chi connectivity index (χ0v) is 11.7. The van der Waals surface area contributed by atoms with Crippen molar-refractivity contribution in [3.05, 3.63) is 53.7 Å². The number of nitrogens with one attached hydrogen (secondary N) is 2. The van der Waals surface area contributed by atoms with Gasteiger partial charge in [0.1, 0.15) is 5.76 Å². The van der Waals surface area contributed by atoms with Crippen LogP contribution in [0.25, 0.3) is 0 Å². The predicted octanol–water partition coefficient (Wildman–Crippen LogP) is 1.78. The van der Waals surface area contributed by atoms with Gasteiger partial charge in [-0.25, -0.2) is 0 Å². The average molecular weight is 273 g/mol. The van der Waals surface area contributed by atoms with Gasteiger partial charge in [-0.1, -0.05) is 6.07 Å². The van der Waals surface area contributed by atoms with Crippen molar-refractivity contribution in [3.63, 3.8) is 0 Å². The summed E-state index contributed by atoms with van der Waals surface area (Å²) in [5, 5.41) is 5.98. The van der Waals surface area contributed by atoms with Crippen molar-refractivity contribution in [2.45, 2.75) is 33.0 Å². The molecule has 0 aliphatic carbocycles. The summed E-state index contributed by atoms with van der Waals surface area (Å²) in [5.41, 5.74) is 2.04. The molecule has 2 heterocycles. The molecule has 0 fully saturated rings. The molecule has 2 N–H and O–H groups in total. The van der Waals surface area contributed by atoms with Crippen LogP contribution < -0.4 is 10.6 Å². The minimum absolute atomic E-state index is 0.0542. The molecule has 20 heavy (non-hydrogen) atoms. The Morgan fingerprint density at radius 2 is 2.20 bits per heavy atom. The van der Waals surface area contributed by atoms with Crippen LogP contribution in [-0.2, 0) is 17.9 Å². The number of amides is 1. The third-order valence-corrected chi connectivity index (χ3v) is 3.00. The smallest absolute Gasteiger partial charge is 0.237 e. The summed E-state index contributed by atoms with van der Waals surface area (Å²) in [7, 11) is 0. The van der Waals surface area contributed by atoms with Gasteiger partial charge in [-0.05, 0) is 37.6 Å². The van der Waals surface area contributed by atoms with E-state index in [2.05, 4.69) is 15.6 Å². The number of carbonyl (C=O) groups excluding carboxylic acids is 1. The van der Waals surface area contributed by atoms with Gasteiger partial charge < -0.3 is 15.1 Å². The molecule has 0 aliphatic rings. The molecular weight excluding hydrogens is 254 g/mol. The molecule has 2 aromatic heterocycles. The van der Waals surface area contributed by atoms with Crippen LogP contribution in [0.15, 0.2) is 41.1 Å². The van der Waals surface area contributed by atoms with Gasteiger partial charge in [0.2, 0.25) is 5.91 Å². The van der Waals surface area contributed by atoms with Crippen LogP contribution in [0.5, 0.6) is 0 Å². The van der Waals surface area contributed by atoms with E-state index in [0.29, 0.717) is 13.1 Å². The van der Waals surface area contributed by atoms with Crippen molar-refractivity contribution in [3.8, 4) is 0 Å². The minimum atomic E-state index is -0.272. The molecule has 1 atom stereocenters. The maximum absolute atomic E-state index is 11.9. The Balaban J connectivity index is 1.74. The van der Waals surface area contributed by atoms with E-state index in [1.807, 2.05) is 38.2 Å². The van der Waals surface area contributed by atoms with Crippen molar-refractivity contribution in [1.82, 2.24) is 15.6 Å². The van der Waals surface area contributed by atoms with Gasteiger partial charge in [0.25, 0.3) is 0 Å². The lowest BCUT2D eigenvalue weighted by molar-refractivity contribution is -0.123. The molecule has 0 radical (unpaired) electrons. The molecule has 5 nitrogen and oxygen atoms in total. The highest BCUT2D eigenvalue weighted by Crippen LogP contribution is 2.01. The predicted molar refractivity (Wildman–Crippen MR) is 75.8 cm³/mol. The van der Waals surface area contributed by atoms with Gasteiger partial charge in [0, 0.05) is 18.4 Å². The maximum Gasteiger partial charge on any atom is 0.237 e. The highest BCUT2D eigenvalue weighted by atomic mass is 16.3. The van der Waals surface area contributed by atoms with Gasteiger partial charge in [0.15, 0.2) is 0 Å². The molecule has 0 saturated carbocycles. The van der Waals surface area contributed by atoms with E-state index in [1.165, 1.54) is 0 Å². The lowest BCUT2D eigenvalue weighted by Gasteiger charge is -2.13. The molecule has 1 unspecified atom stereocenters. The summed E-state index contributed by atoms with van der Waals surface area (Å²) in [4.78, 5) is 16.1. The highest BCUT2D eigenvalue weighted by molar-refractivity contribution is 5.81. The quantitative estimate of drug-likeness (QED) is 0.842. The van der Waals surface area contributed by atoms with Crippen LogP contribution in [0.3, 0.4) is 0 Å². The molecule has 1 amide bonds. The van der Waals surface area contributed by atoms with Crippen molar-refractivity contribution in [1.29, 1.82) is 0 Å². The van der Waals surface area contributed by atoms with Crippen LogP contribution in [0.1, 0.15) is 23.9 Å². The van der Waals surface area contributed by atoms with E-state index in [-0.39, 0.29) is 11.9 Å². The summed E-state index contributed by atoms with van der Waals surface area (Å²) < 4.78 is 5.16. The molecule has 0 aromatic carbocycles. The first-order valence-corrected chi connectivity index (χ1v) is 6.60. The van der Waals surface area contributed by atoms with E-state index in [1.54, 1.807) is 12.3 Å². The van der Waals surface area contributed by atoms with E-state index < -0.39 is 0 Å². The fourth-order valence-electron chi connectivity index (χ4n) is 1.71. The first-order valence-electron chi connectivity index (χ1n) is 6.60. The Hall–Kier alpha value is -2.14. The monoisotopic (exact) mass is 273 g/mol. The molecular formula is C15H19N3O2. The van der Waals surface area contributed by atoms with Crippen LogP contribution >= 0.6 is 0 Å². The van der Waals surface area contributed by atoms with Crippen molar-refractivity contribution in [2.75, 3.05) is 0 Å². The van der Waals surface area contributed by atoms with Crippen LogP contribution in [0.4, 0.5) is 0 Å². The molecule has 0 aliphatic heterocycles. The number of hydrogen-bond acceptors (Lipinski definition) is 4. The largest absolute Gasteiger partial charge is 0.467 e. The normalized spacial score (nSPS) is 12.1. The van der Waals surface area contributed by atoms with E-state index in [4.69, 9.17) is 4.42 Å². The standard InChI is InChI=1S/C15H19N3O2/c1-11-5-6-13(8-16-11)9-17-12(2)15(19)18-10-14-4-3-7-20-14/h3-8,12,17H,9-10H2,1-2H3,(H,18,19). The van der Waals surface area contributed by atoms with E-state index in [9.17, 15) is 4.79 Å². The Labute approximate surface area is 118 Å². The number of furan rings is 1. The fraction of sp³-hybridized carbons (Fsp3) is 0.333. The van der Waals surface area contributed by atoms with E-state index >= 15 is 0 Å². The van der Waals surface area contributed by atoms with Crippen molar-refractivity contribution in [2.24, 2.45) is 0 Å². The first-order chi connectivity index (χ1) is 9.65. The lowest BCUT2D eigenvalue weighted by Crippen LogP contribution is -2.41. The molecule has 5 heteroatoms. The Morgan fingerprint density at radius 3 is 2.85 bits per heavy atom. The molecule has 2 aromatic rings. The molecule has 2 rings (SSSR count). The van der Waals surface area contributed by atoms with Crippen LogP contribution in [-0.4, -0.2) is 16.9 Å². The number of rotatable bonds is 6. The van der Waals surface area contributed by atoms with Gasteiger partial charge in [-0.2, -0.15) is 0 Å². The maximum atomic E-state index is 11.9. The van der Waals surface area contributed by atoms with Gasteiger partial charge in [-0.3, -0.25) is 9.78 Å². The summed E-state index contributed by atoms with van der Waals surface area (Å²) in [5.74, 6) is 0.690. The van der Waals surface area contributed by atoms with E-state index in [0.717, 1.165) is 17.0 Å². The lowest BCUT2D eigenvalue weighted by atomic mass is 10.2. The van der Waals surface area contributed by atoms with Gasteiger partial charge in [-0.15, -0.1) is 0 Å². The summed E-state index contributed by atoms with van der Waals surface area (Å²) >= 11 is 0. The molecule has 0 spiro atoms.